The summed E-state index contributed by atoms with van der Waals surface area (Å²) in [6.07, 6.45) is -2.60. The highest BCUT2D eigenvalue weighted by Crippen LogP contribution is 2.35. The Balaban J connectivity index is 1.48. The minimum Gasteiger partial charge on any atom is -0.383 e. The molecule has 5 rings (SSSR count). The van der Waals surface area contributed by atoms with Crippen molar-refractivity contribution < 1.29 is 18.0 Å². The summed E-state index contributed by atoms with van der Waals surface area (Å²) in [4.78, 5) is 21.6. The van der Waals surface area contributed by atoms with Crippen LogP contribution in [0.15, 0.2) is 65.5 Å². The lowest BCUT2D eigenvalue weighted by atomic mass is 10.1. The molecule has 2 aromatic carbocycles. The highest BCUT2D eigenvalue weighted by Gasteiger charge is 2.41. The molecule has 206 valence electrons. The zero-order chi connectivity index (χ0) is 28.8. The van der Waals surface area contributed by atoms with E-state index >= 15 is 0 Å². The summed E-state index contributed by atoms with van der Waals surface area (Å²) < 4.78 is 45.4. The SMILES string of the molecule is Cc1ccc(-c2nn(C(C)(C)CNC(=O)c3cnn(-c4ccc(Br)cc4)c3C(F)(F)F)c3ncnc(N)c23)cc1. The van der Waals surface area contributed by atoms with Crippen molar-refractivity contribution in [1.29, 1.82) is 0 Å². The van der Waals surface area contributed by atoms with E-state index in [2.05, 4.69) is 36.3 Å². The van der Waals surface area contributed by atoms with Crippen LogP contribution in [0.25, 0.3) is 28.0 Å². The number of hydrogen-bond acceptors (Lipinski definition) is 6. The van der Waals surface area contributed by atoms with Gasteiger partial charge < -0.3 is 11.1 Å². The van der Waals surface area contributed by atoms with Gasteiger partial charge in [-0.25, -0.2) is 19.3 Å². The van der Waals surface area contributed by atoms with Crippen molar-refractivity contribution in [2.75, 3.05) is 12.3 Å². The number of carbonyl (C=O) groups is 1. The van der Waals surface area contributed by atoms with Crippen LogP contribution in [0.4, 0.5) is 19.0 Å². The predicted molar refractivity (Wildman–Crippen MR) is 148 cm³/mol. The number of halogens is 4. The first-order valence-electron chi connectivity index (χ1n) is 12.1. The third-order valence-corrected chi connectivity index (χ3v) is 6.96. The van der Waals surface area contributed by atoms with Gasteiger partial charge in [-0.05, 0) is 45.0 Å². The van der Waals surface area contributed by atoms with Gasteiger partial charge in [-0.3, -0.25) is 4.79 Å². The van der Waals surface area contributed by atoms with Crippen LogP contribution in [0, 0.1) is 6.92 Å². The molecule has 3 aromatic heterocycles. The van der Waals surface area contributed by atoms with E-state index in [0.717, 1.165) is 17.3 Å². The summed E-state index contributed by atoms with van der Waals surface area (Å²) in [5.41, 5.74) is 6.54. The van der Waals surface area contributed by atoms with Crippen LogP contribution in [0.2, 0.25) is 0 Å². The lowest BCUT2D eigenvalue weighted by molar-refractivity contribution is -0.143. The van der Waals surface area contributed by atoms with Crippen molar-refractivity contribution in [3.63, 3.8) is 0 Å². The van der Waals surface area contributed by atoms with Gasteiger partial charge in [0, 0.05) is 16.6 Å². The summed E-state index contributed by atoms with van der Waals surface area (Å²) in [5.74, 6) is -0.685. The van der Waals surface area contributed by atoms with Gasteiger partial charge in [0.25, 0.3) is 5.91 Å². The maximum Gasteiger partial charge on any atom is 0.434 e. The summed E-state index contributed by atoms with van der Waals surface area (Å²) >= 11 is 3.26. The fourth-order valence-electron chi connectivity index (χ4n) is 4.34. The first-order valence-corrected chi connectivity index (χ1v) is 12.9. The van der Waals surface area contributed by atoms with Crippen LogP contribution in [0.1, 0.15) is 35.5 Å². The van der Waals surface area contributed by atoms with Crippen molar-refractivity contribution in [2.45, 2.75) is 32.5 Å². The molecule has 9 nitrogen and oxygen atoms in total. The number of anilines is 1. The van der Waals surface area contributed by atoms with E-state index in [9.17, 15) is 18.0 Å². The van der Waals surface area contributed by atoms with Crippen LogP contribution < -0.4 is 11.1 Å². The molecule has 3 N–H and O–H groups in total. The third-order valence-electron chi connectivity index (χ3n) is 6.43. The smallest absolute Gasteiger partial charge is 0.383 e. The number of rotatable bonds is 6. The van der Waals surface area contributed by atoms with Gasteiger partial charge >= 0.3 is 6.18 Å². The molecule has 0 aliphatic carbocycles. The van der Waals surface area contributed by atoms with E-state index in [4.69, 9.17) is 10.8 Å². The maximum absolute atomic E-state index is 14.1. The summed E-state index contributed by atoms with van der Waals surface area (Å²) in [7, 11) is 0. The van der Waals surface area contributed by atoms with Crippen molar-refractivity contribution in [1.82, 2.24) is 34.8 Å². The number of aromatic nitrogens is 6. The van der Waals surface area contributed by atoms with E-state index in [1.54, 1.807) is 30.7 Å². The normalized spacial score (nSPS) is 12.2. The average molecular weight is 613 g/mol. The predicted octanol–water partition coefficient (Wildman–Crippen LogP) is 5.52. The highest BCUT2D eigenvalue weighted by atomic mass is 79.9. The van der Waals surface area contributed by atoms with Gasteiger partial charge in [0.2, 0.25) is 0 Å². The molecule has 0 fully saturated rings. The molecular weight excluding hydrogens is 589 g/mol. The average Bonchev–Trinajstić information content (AvgIpc) is 3.52. The van der Waals surface area contributed by atoms with Crippen LogP contribution in [0.5, 0.6) is 0 Å². The number of nitrogens with two attached hydrogens (primary N) is 1. The Morgan fingerprint density at radius 1 is 1.05 bits per heavy atom. The molecule has 0 saturated heterocycles. The number of nitrogen functional groups attached to an aromatic ring is 1. The topological polar surface area (TPSA) is 117 Å². The molecule has 0 aliphatic rings. The quantitative estimate of drug-likeness (QED) is 0.261. The van der Waals surface area contributed by atoms with Crippen LogP contribution in [0.3, 0.4) is 0 Å². The molecule has 0 aliphatic heterocycles. The number of nitrogens with zero attached hydrogens (tertiary/aromatic N) is 6. The van der Waals surface area contributed by atoms with Gasteiger partial charge in [-0.1, -0.05) is 45.8 Å². The standard InChI is InChI=1S/C27H24BrF3N8O/c1-15-4-6-16(7-5-15)21-20-23(32)34-14-35-24(20)39(37-21)26(2,3)13-33-25(40)19-12-36-38(22(19)27(29,30)31)18-10-8-17(28)9-11-18/h4-12,14H,13H2,1-3H3,(H,33,40)(H2,32,34,35). The molecule has 3 heterocycles. The fourth-order valence-corrected chi connectivity index (χ4v) is 4.61. The second kappa shape index (κ2) is 10.0. The molecule has 0 bridgehead atoms. The first kappa shape index (κ1) is 27.3. The van der Waals surface area contributed by atoms with Crippen LogP contribution in [-0.2, 0) is 11.7 Å². The number of fused-ring (bicyclic) bond motifs is 1. The number of nitrogens with one attached hydrogen (secondary N) is 1. The van der Waals surface area contributed by atoms with E-state index in [-0.39, 0.29) is 18.1 Å². The highest BCUT2D eigenvalue weighted by molar-refractivity contribution is 9.10. The molecule has 0 radical (unpaired) electrons. The summed E-state index contributed by atoms with van der Waals surface area (Å²) in [6.45, 7) is 5.47. The Kier molecular flexibility index (Phi) is 6.86. The molecule has 0 atom stereocenters. The fraction of sp³-hybridized carbons (Fsp3) is 0.222. The van der Waals surface area contributed by atoms with E-state index in [0.29, 0.717) is 25.9 Å². The van der Waals surface area contributed by atoms with Gasteiger partial charge in [-0.15, -0.1) is 0 Å². The lowest BCUT2D eigenvalue weighted by Gasteiger charge is -2.26. The van der Waals surface area contributed by atoms with Crippen molar-refractivity contribution >= 4 is 38.7 Å². The van der Waals surface area contributed by atoms with E-state index in [1.807, 2.05) is 31.2 Å². The minimum atomic E-state index is -4.83. The molecule has 13 heteroatoms. The van der Waals surface area contributed by atoms with Gasteiger partial charge in [-0.2, -0.15) is 23.4 Å². The summed E-state index contributed by atoms with van der Waals surface area (Å²) in [5, 5.41) is 11.8. The molecule has 0 spiro atoms. The van der Waals surface area contributed by atoms with Gasteiger partial charge in [0.15, 0.2) is 11.3 Å². The second-order valence-electron chi connectivity index (χ2n) is 9.87. The zero-order valence-electron chi connectivity index (χ0n) is 21.7. The molecule has 1 amide bonds. The van der Waals surface area contributed by atoms with Crippen molar-refractivity contribution in [2.24, 2.45) is 0 Å². The number of carbonyl (C=O) groups excluding carboxylic acids is 1. The Hall–Kier alpha value is -4.26. The number of amides is 1. The molecule has 0 unspecified atom stereocenters. The Morgan fingerprint density at radius 2 is 1.73 bits per heavy atom. The van der Waals surface area contributed by atoms with Gasteiger partial charge in [0.05, 0.1) is 28.4 Å². The molecule has 5 aromatic rings. The van der Waals surface area contributed by atoms with Crippen molar-refractivity contribution in [3.05, 3.63) is 82.3 Å². The number of hydrogen-bond donors (Lipinski definition) is 2. The number of aryl methyl sites for hydroxylation is 1. The lowest BCUT2D eigenvalue weighted by Crippen LogP contribution is -2.42. The molecule has 40 heavy (non-hydrogen) atoms. The summed E-state index contributed by atoms with van der Waals surface area (Å²) in [6, 6.07) is 13.8. The first-order chi connectivity index (χ1) is 18.9. The Bertz CT molecular complexity index is 1710. The van der Waals surface area contributed by atoms with E-state index < -0.39 is 28.9 Å². The Morgan fingerprint density at radius 3 is 2.38 bits per heavy atom. The number of alkyl halides is 3. The largest absolute Gasteiger partial charge is 0.434 e. The van der Waals surface area contributed by atoms with Crippen LogP contribution in [-0.4, -0.2) is 42.0 Å². The molecular formula is C27H24BrF3N8O. The molecule has 0 saturated carbocycles. The Labute approximate surface area is 235 Å². The maximum atomic E-state index is 14.1. The van der Waals surface area contributed by atoms with Gasteiger partial charge in [0.1, 0.15) is 17.8 Å². The minimum absolute atomic E-state index is 0.0688. The monoisotopic (exact) mass is 612 g/mol. The van der Waals surface area contributed by atoms with Crippen LogP contribution >= 0.6 is 15.9 Å². The third kappa shape index (κ3) is 5.04. The second-order valence-corrected chi connectivity index (χ2v) is 10.8. The van der Waals surface area contributed by atoms with Crippen molar-refractivity contribution in [3.8, 4) is 16.9 Å². The number of benzene rings is 2. The zero-order valence-corrected chi connectivity index (χ0v) is 23.2. The van der Waals surface area contributed by atoms with E-state index in [1.165, 1.54) is 18.5 Å².